The van der Waals surface area contributed by atoms with Crippen molar-refractivity contribution in [1.82, 2.24) is 5.32 Å². The maximum Gasteiger partial charge on any atom is 0.335 e. The molecule has 1 heterocycles. The summed E-state index contributed by atoms with van der Waals surface area (Å²) in [4.78, 5) is 40.9. The van der Waals surface area contributed by atoms with Gasteiger partial charge in [-0.3, -0.25) is 14.9 Å². The molecule has 2 aromatic carbocycles. The quantitative estimate of drug-likeness (QED) is 0.527. The SMILES string of the molecule is [C-]#[N+]c1cccc(N2C(=O)NC(=O)/C(=C\C=C\c3ccccc3)C2=O)c1. The number of barbiturate groups is 1. The van der Waals surface area contributed by atoms with Crippen LogP contribution in [0.5, 0.6) is 0 Å². The lowest BCUT2D eigenvalue weighted by atomic mass is 10.1. The van der Waals surface area contributed by atoms with E-state index in [1.165, 1.54) is 18.2 Å². The van der Waals surface area contributed by atoms with Gasteiger partial charge in [-0.2, -0.15) is 0 Å². The first kappa shape index (κ1) is 16.9. The first-order chi connectivity index (χ1) is 12.6. The molecule has 0 radical (unpaired) electrons. The van der Waals surface area contributed by atoms with Crippen LogP contribution in [0.2, 0.25) is 0 Å². The molecule has 0 aromatic heterocycles. The van der Waals surface area contributed by atoms with E-state index in [-0.39, 0.29) is 16.9 Å². The van der Waals surface area contributed by atoms with E-state index < -0.39 is 17.8 Å². The minimum absolute atomic E-state index is 0.162. The van der Waals surface area contributed by atoms with Crippen molar-refractivity contribution < 1.29 is 14.4 Å². The predicted molar refractivity (Wildman–Crippen MR) is 97.3 cm³/mol. The van der Waals surface area contributed by atoms with Crippen molar-refractivity contribution in [1.29, 1.82) is 0 Å². The Morgan fingerprint density at radius 2 is 1.77 bits per heavy atom. The van der Waals surface area contributed by atoms with Crippen LogP contribution in [0, 0.1) is 6.57 Å². The third-order valence-electron chi connectivity index (χ3n) is 3.67. The molecular weight excluding hydrogens is 330 g/mol. The fraction of sp³-hybridized carbons (Fsp3) is 0. The highest BCUT2D eigenvalue weighted by Gasteiger charge is 2.36. The van der Waals surface area contributed by atoms with E-state index >= 15 is 0 Å². The van der Waals surface area contributed by atoms with Crippen LogP contribution in [0.15, 0.2) is 72.3 Å². The minimum Gasteiger partial charge on any atom is -0.273 e. The highest BCUT2D eigenvalue weighted by Crippen LogP contribution is 2.25. The summed E-state index contributed by atoms with van der Waals surface area (Å²) in [6, 6.07) is 14.6. The smallest absolute Gasteiger partial charge is 0.273 e. The Balaban J connectivity index is 1.91. The lowest BCUT2D eigenvalue weighted by Gasteiger charge is -2.26. The summed E-state index contributed by atoms with van der Waals surface area (Å²) >= 11 is 0. The van der Waals surface area contributed by atoms with E-state index in [0.717, 1.165) is 10.5 Å². The number of imide groups is 2. The second-order valence-corrected chi connectivity index (χ2v) is 5.38. The topological polar surface area (TPSA) is 70.8 Å². The van der Waals surface area contributed by atoms with E-state index in [1.54, 1.807) is 24.3 Å². The second-order valence-electron chi connectivity index (χ2n) is 5.38. The normalized spacial score (nSPS) is 16.0. The van der Waals surface area contributed by atoms with Crippen LogP contribution in [-0.2, 0) is 9.59 Å². The molecule has 3 rings (SSSR count). The molecule has 0 saturated carbocycles. The van der Waals surface area contributed by atoms with Crippen LogP contribution in [0.4, 0.5) is 16.2 Å². The number of nitrogens with one attached hydrogen (secondary N) is 1. The highest BCUT2D eigenvalue weighted by molar-refractivity contribution is 6.37. The molecule has 0 aliphatic carbocycles. The third-order valence-corrected chi connectivity index (χ3v) is 3.67. The van der Waals surface area contributed by atoms with E-state index in [2.05, 4.69) is 10.2 Å². The van der Waals surface area contributed by atoms with Crippen molar-refractivity contribution >= 4 is 35.3 Å². The molecule has 6 nitrogen and oxygen atoms in total. The predicted octanol–water partition coefficient (Wildman–Crippen LogP) is 3.46. The molecule has 0 unspecified atom stereocenters. The van der Waals surface area contributed by atoms with Gasteiger partial charge in [0.05, 0.1) is 6.57 Å². The van der Waals surface area contributed by atoms with Crippen molar-refractivity contribution in [2.75, 3.05) is 4.90 Å². The van der Waals surface area contributed by atoms with Gasteiger partial charge >= 0.3 is 6.03 Å². The molecule has 4 amide bonds. The first-order valence-corrected chi connectivity index (χ1v) is 7.71. The standard InChI is InChI=1S/C20H13N3O3/c1-21-15-10-6-11-16(13-15)23-19(25)17(18(24)22-20(23)26)12-5-9-14-7-3-2-4-8-14/h2-13H,(H,22,24,26)/b9-5+,17-12+. The largest absolute Gasteiger partial charge is 0.335 e. The summed E-state index contributed by atoms with van der Waals surface area (Å²) in [7, 11) is 0. The molecule has 6 heteroatoms. The molecule has 1 aliphatic heterocycles. The van der Waals surface area contributed by atoms with Gasteiger partial charge in [-0.05, 0) is 23.8 Å². The van der Waals surface area contributed by atoms with Gasteiger partial charge in [0, 0.05) is 5.69 Å². The number of rotatable bonds is 3. The minimum atomic E-state index is -0.841. The number of hydrogen-bond acceptors (Lipinski definition) is 3. The van der Waals surface area contributed by atoms with Gasteiger partial charge in [-0.25, -0.2) is 14.5 Å². The van der Waals surface area contributed by atoms with E-state index in [9.17, 15) is 14.4 Å². The Morgan fingerprint density at radius 1 is 1.00 bits per heavy atom. The van der Waals surface area contributed by atoms with Crippen LogP contribution in [0.1, 0.15) is 5.56 Å². The molecule has 2 aromatic rings. The number of amides is 4. The zero-order valence-corrected chi connectivity index (χ0v) is 13.5. The number of urea groups is 1. The Bertz CT molecular complexity index is 985. The van der Waals surface area contributed by atoms with Crippen molar-refractivity contribution in [2.24, 2.45) is 0 Å². The molecule has 126 valence electrons. The fourth-order valence-electron chi connectivity index (χ4n) is 2.43. The molecule has 0 bridgehead atoms. The van der Waals surface area contributed by atoms with Crippen LogP contribution < -0.4 is 10.2 Å². The third kappa shape index (κ3) is 3.42. The molecule has 0 atom stereocenters. The van der Waals surface area contributed by atoms with Crippen molar-refractivity contribution in [3.63, 3.8) is 0 Å². The number of carbonyl (C=O) groups is 3. The number of benzene rings is 2. The number of carbonyl (C=O) groups excluding carboxylic acids is 3. The van der Waals surface area contributed by atoms with Gasteiger partial charge < -0.3 is 0 Å². The molecular formula is C20H13N3O3. The van der Waals surface area contributed by atoms with Crippen molar-refractivity contribution in [2.45, 2.75) is 0 Å². The Labute approximate surface area is 149 Å². The molecule has 1 N–H and O–H groups in total. The van der Waals surface area contributed by atoms with Crippen molar-refractivity contribution in [3.05, 3.63) is 89.3 Å². The van der Waals surface area contributed by atoms with Gasteiger partial charge in [0.1, 0.15) is 5.57 Å². The van der Waals surface area contributed by atoms with E-state index in [4.69, 9.17) is 6.57 Å². The summed E-state index contributed by atoms with van der Waals surface area (Å²) < 4.78 is 0. The number of nitrogens with zero attached hydrogens (tertiary/aromatic N) is 2. The molecule has 1 fully saturated rings. The average molecular weight is 343 g/mol. The fourth-order valence-corrected chi connectivity index (χ4v) is 2.43. The molecule has 0 spiro atoms. The average Bonchev–Trinajstić information content (AvgIpc) is 2.65. The van der Waals surface area contributed by atoms with Crippen LogP contribution in [-0.4, -0.2) is 17.8 Å². The maximum atomic E-state index is 12.7. The monoisotopic (exact) mass is 343 g/mol. The zero-order valence-electron chi connectivity index (χ0n) is 13.5. The molecule has 1 aliphatic rings. The lowest BCUT2D eigenvalue weighted by molar-refractivity contribution is -0.122. The Hall–Kier alpha value is -3.98. The van der Waals surface area contributed by atoms with Crippen LogP contribution in [0.3, 0.4) is 0 Å². The summed E-state index contributed by atoms with van der Waals surface area (Å²) in [5, 5.41) is 2.14. The first-order valence-electron chi connectivity index (χ1n) is 7.71. The summed E-state index contributed by atoms with van der Waals surface area (Å²) in [6.45, 7) is 7.05. The number of allylic oxidation sites excluding steroid dienone is 2. The van der Waals surface area contributed by atoms with E-state index in [0.29, 0.717) is 0 Å². The summed E-state index contributed by atoms with van der Waals surface area (Å²) in [5.41, 5.74) is 1.26. The summed E-state index contributed by atoms with van der Waals surface area (Å²) in [6.07, 6.45) is 4.68. The lowest BCUT2D eigenvalue weighted by Crippen LogP contribution is -2.54. The van der Waals surface area contributed by atoms with E-state index in [1.807, 2.05) is 30.3 Å². The van der Waals surface area contributed by atoms with Crippen LogP contribution >= 0.6 is 0 Å². The van der Waals surface area contributed by atoms with Gasteiger partial charge in [0.2, 0.25) is 0 Å². The van der Waals surface area contributed by atoms with Gasteiger partial charge in [0.15, 0.2) is 5.69 Å². The second kappa shape index (κ2) is 7.28. The van der Waals surface area contributed by atoms with Crippen LogP contribution in [0.25, 0.3) is 10.9 Å². The number of anilines is 1. The Morgan fingerprint density at radius 3 is 2.50 bits per heavy atom. The van der Waals surface area contributed by atoms with Crippen molar-refractivity contribution in [3.8, 4) is 0 Å². The van der Waals surface area contributed by atoms with Gasteiger partial charge in [0.25, 0.3) is 11.8 Å². The number of hydrogen-bond donors (Lipinski definition) is 1. The zero-order chi connectivity index (χ0) is 18.5. The summed E-state index contributed by atoms with van der Waals surface area (Å²) in [5.74, 6) is -1.49. The molecule has 26 heavy (non-hydrogen) atoms. The van der Waals surface area contributed by atoms with Gasteiger partial charge in [-0.15, -0.1) is 0 Å². The maximum absolute atomic E-state index is 12.7. The Kier molecular flexibility index (Phi) is 4.72. The highest BCUT2D eigenvalue weighted by atomic mass is 16.2. The van der Waals surface area contributed by atoms with Gasteiger partial charge in [-0.1, -0.05) is 54.6 Å². The molecule has 1 saturated heterocycles.